The Labute approximate surface area is 150 Å². The van der Waals surface area contributed by atoms with Crippen LogP contribution in [0.15, 0.2) is 18.2 Å². The fraction of sp³-hybridized carbons (Fsp3) is 0.611. The van der Waals surface area contributed by atoms with Crippen LogP contribution in [0.4, 0.5) is 5.69 Å². The van der Waals surface area contributed by atoms with Crippen molar-refractivity contribution in [3.63, 3.8) is 0 Å². The number of nitrogens with zero attached hydrogens (tertiary/aromatic N) is 1. The molecule has 23 heavy (non-hydrogen) atoms. The maximum absolute atomic E-state index is 12.7. The summed E-state index contributed by atoms with van der Waals surface area (Å²) < 4.78 is 0. The van der Waals surface area contributed by atoms with E-state index in [1.54, 1.807) is 0 Å². The molecule has 0 radical (unpaired) electrons. The van der Waals surface area contributed by atoms with Crippen LogP contribution in [-0.4, -0.2) is 25.5 Å². The third-order valence-corrected chi connectivity index (χ3v) is 5.35. The number of hydrogen-bond donors (Lipinski definition) is 1. The fourth-order valence-electron chi connectivity index (χ4n) is 3.82. The Hall–Kier alpha value is -0.770. The number of halogens is 2. The summed E-state index contributed by atoms with van der Waals surface area (Å²) in [6.45, 7) is 7.24. The van der Waals surface area contributed by atoms with E-state index in [4.69, 9.17) is 11.6 Å². The molecule has 1 N–H and O–H groups in total. The van der Waals surface area contributed by atoms with Gasteiger partial charge in [0.05, 0.1) is 0 Å². The van der Waals surface area contributed by atoms with Gasteiger partial charge in [-0.2, -0.15) is 0 Å². The number of hydrogen-bond acceptors (Lipinski definition) is 2. The van der Waals surface area contributed by atoms with Gasteiger partial charge >= 0.3 is 0 Å². The quantitative estimate of drug-likeness (QED) is 0.881. The number of fused-ring (bicyclic) bond motifs is 1. The van der Waals surface area contributed by atoms with E-state index in [-0.39, 0.29) is 23.7 Å². The highest BCUT2D eigenvalue weighted by molar-refractivity contribution is 6.32. The van der Waals surface area contributed by atoms with Gasteiger partial charge in [0.15, 0.2) is 0 Å². The highest BCUT2D eigenvalue weighted by atomic mass is 35.5. The van der Waals surface area contributed by atoms with Crippen molar-refractivity contribution in [3.05, 3.63) is 28.8 Å². The summed E-state index contributed by atoms with van der Waals surface area (Å²) in [7, 11) is 0. The summed E-state index contributed by atoms with van der Waals surface area (Å²) in [5.74, 6) is 0.937. The molecule has 1 aromatic rings. The largest absolute Gasteiger partial charge is 0.317 e. The number of rotatable bonds is 3. The molecule has 1 saturated heterocycles. The minimum absolute atomic E-state index is 0. The molecule has 0 unspecified atom stereocenters. The molecule has 3 nitrogen and oxygen atoms in total. The number of amides is 1. The van der Waals surface area contributed by atoms with Crippen LogP contribution in [0.3, 0.4) is 0 Å². The standard InChI is InChI=1S/C18H25ClN2O.ClH/c1-18(2)12-21(15-5-3-4-14(19)17(15)18)16(22)7-6-13-8-10-20-11-9-13;/h3-5,13,20H,6-12H2,1-2H3;1H. The Bertz CT molecular complexity index is 568. The summed E-state index contributed by atoms with van der Waals surface area (Å²) in [4.78, 5) is 14.7. The van der Waals surface area contributed by atoms with Gasteiger partial charge in [0, 0.05) is 34.7 Å². The molecule has 0 aromatic heterocycles. The van der Waals surface area contributed by atoms with Gasteiger partial charge in [0.1, 0.15) is 0 Å². The molecule has 128 valence electrons. The number of piperidine rings is 1. The van der Waals surface area contributed by atoms with E-state index in [2.05, 4.69) is 19.2 Å². The molecular formula is C18H26Cl2N2O. The van der Waals surface area contributed by atoms with Gasteiger partial charge in [-0.1, -0.05) is 31.5 Å². The molecule has 0 aliphatic carbocycles. The maximum atomic E-state index is 12.7. The molecule has 0 saturated carbocycles. The molecule has 1 fully saturated rings. The molecule has 2 heterocycles. The van der Waals surface area contributed by atoms with Gasteiger partial charge < -0.3 is 10.2 Å². The van der Waals surface area contributed by atoms with Crippen molar-refractivity contribution in [2.24, 2.45) is 5.92 Å². The molecule has 1 amide bonds. The van der Waals surface area contributed by atoms with Crippen molar-refractivity contribution in [1.82, 2.24) is 5.32 Å². The summed E-state index contributed by atoms with van der Waals surface area (Å²) >= 11 is 6.38. The minimum Gasteiger partial charge on any atom is -0.317 e. The lowest BCUT2D eigenvalue weighted by molar-refractivity contribution is -0.119. The number of benzene rings is 1. The fourth-order valence-corrected chi connectivity index (χ4v) is 4.25. The van der Waals surface area contributed by atoms with E-state index in [1.165, 1.54) is 12.8 Å². The van der Waals surface area contributed by atoms with Crippen LogP contribution >= 0.6 is 24.0 Å². The molecule has 2 aliphatic rings. The van der Waals surface area contributed by atoms with Crippen molar-refractivity contribution in [1.29, 1.82) is 0 Å². The lowest BCUT2D eigenvalue weighted by Gasteiger charge is -2.24. The van der Waals surface area contributed by atoms with Crippen LogP contribution < -0.4 is 10.2 Å². The smallest absolute Gasteiger partial charge is 0.227 e. The van der Waals surface area contributed by atoms with Crippen molar-refractivity contribution in [2.75, 3.05) is 24.5 Å². The molecule has 0 spiro atoms. The van der Waals surface area contributed by atoms with Crippen LogP contribution in [0.25, 0.3) is 0 Å². The zero-order valence-electron chi connectivity index (χ0n) is 13.9. The first kappa shape index (κ1) is 18.6. The summed E-state index contributed by atoms with van der Waals surface area (Å²) in [6.07, 6.45) is 4.04. The zero-order valence-corrected chi connectivity index (χ0v) is 15.5. The van der Waals surface area contributed by atoms with Crippen molar-refractivity contribution in [3.8, 4) is 0 Å². The van der Waals surface area contributed by atoms with E-state index < -0.39 is 0 Å². The monoisotopic (exact) mass is 356 g/mol. The van der Waals surface area contributed by atoms with Gasteiger partial charge in [-0.3, -0.25) is 4.79 Å². The second-order valence-electron chi connectivity index (χ2n) is 7.23. The highest BCUT2D eigenvalue weighted by Crippen LogP contribution is 2.44. The molecular weight excluding hydrogens is 331 g/mol. The van der Waals surface area contributed by atoms with E-state index in [0.29, 0.717) is 12.3 Å². The van der Waals surface area contributed by atoms with Crippen molar-refractivity contribution < 1.29 is 4.79 Å². The Morgan fingerprint density at radius 3 is 2.74 bits per heavy atom. The summed E-state index contributed by atoms with van der Waals surface area (Å²) in [6, 6.07) is 5.89. The molecule has 0 atom stereocenters. The van der Waals surface area contributed by atoms with Gasteiger partial charge in [0.2, 0.25) is 5.91 Å². The maximum Gasteiger partial charge on any atom is 0.227 e. The molecule has 0 bridgehead atoms. The van der Waals surface area contributed by atoms with Gasteiger partial charge in [-0.15, -0.1) is 12.4 Å². The van der Waals surface area contributed by atoms with Crippen LogP contribution in [0.5, 0.6) is 0 Å². The second kappa shape index (κ2) is 7.42. The van der Waals surface area contributed by atoms with Crippen LogP contribution in [0.2, 0.25) is 5.02 Å². The topological polar surface area (TPSA) is 32.3 Å². The van der Waals surface area contributed by atoms with Gasteiger partial charge in [-0.05, 0) is 50.4 Å². The number of carbonyl (C=O) groups is 1. The van der Waals surface area contributed by atoms with Crippen molar-refractivity contribution in [2.45, 2.75) is 44.9 Å². The number of carbonyl (C=O) groups excluding carboxylic acids is 1. The average molecular weight is 357 g/mol. The first-order valence-corrected chi connectivity index (χ1v) is 8.67. The van der Waals surface area contributed by atoms with Gasteiger partial charge in [-0.25, -0.2) is 0 Å². The van der Waals surface area contributed by atoms with Gasteiger partial charge in [0.25, 0.3) is 0 Å². The molecule has 2 aliphatic heterocycles. The Kier molecular flexibility index (Phi) is 5.99. The van der Waals surface area contributed by atoms with E-state index in [1.807, 2.05) is 23.1 Å². The second-order valence-corrected chi connectivity index (χ2v) is 7.64. The van der Waals surface area contributed by atoms with Crippen LogP contribution in [0.1, 0.15) is 45.1 Å². The summed E-state index contributed by atoms with van der Waals surface area (Å²) in [5, 5.41) is 4.15. The Balaban J connectivity index is 0.00000192. The number of anilines is 1. The average Bonchev–Trinajstić information content (AvgIpc) is 2.79. The highest BCUT2D eigenvalue weighted by Gasteiger charge is 2.39. The summed E-state index contributed by atoms with van der Waals surface area (Å²) in [5.41, 5.74) is 2.05. The SMILES string of the molecule is CC1(C)CN(C(=O)CCC2CCNCC2)c2cccc(Cl)c21.Cl. The van der Waals surface area contributed by atoms with Crippen molar-refractivity contribution >= 4 is 35.6 Å². The van der Waals surface area contributed by atoms with E-state index in [0.717, 1.165) is 42.3 Å². The molecule has 5 heteroatoms. The molecule has 3 rings (SSSR count). The zero-order chi connectivity index (χ0) is 15.7. The van der Waals surface area contributed by atoms with E-state index >= 15 is 0 Å². The first-order chi connectivity index (χ1) is 10.5. The first-order valence-electron chi connectivity index (χ1n) is 8.29. The van der Waals surface area contributed by atoms with E-state index in [9.17, 15) is 4.79 Å². The Morgan fingerprint density at radius 1 is 1.35 bits per heavy atom. The lowest BCUT2D eigenvalue weighted by atomic mass is 9.87. The van der Waals surface area contributed by atoms with Crippen LogP contribution in [0, 0.1) is 5.92 Å². The third-order valence-electron chi connectivity index (χ3n) is 5.04. The third kappa shape index (κ3) is 3.84. The lowest BCUT2D eigenvalue weighted by Crippen LogP contribution is -2.34. The Morgan fingerprint density at radius 2 is 2.04 bits per heavy atom. The minimum atomic E-state index is -0.0713. The predicted octanol–water partition coefficient (Wildman–Crippen LogP) is 4.17. The predicted molar refractivity (Wildman–Crippen MR) is 98.9 cm³/mol. The normalized spacial score (nSPS) is 20.0. The van der Waals surface area contributed by atoms with Crippen LogP contribution in [-0.2, 0) is 10.2 Å². The molecule has 1 aromatic carbocycles. The number of nitrogens with one attached hydrogen (secondary N) is 1.